The molecule has 4 aromatic rings. The van der Waals surface area contributed by atoms with Gasteiger partial charge >= 0.3 is 5.92 Å². The van der Waals surface area contributed by atoms with Gasteiger partial charge in [0.05, 0.1) is 22.0 Å². The zero-order valence-electron chi connectivity index (χ0n) is 22.5. The fourth-order valence-electron chi connectivity index (χ4n) is 5.02. The van der Waals surface area contributed by atoms with Crippen molar-refractivity contribution in [3.05, 3.63) is 94.6 Å². The Morgan fingerprint density at radius 2 is 1.63 bits per heavy atom. The molecule has 6 rings (SSSR count). The van der Waals surface area contributed by atoms with E-state index in [-0.39, 0.29) is 10.6 Å². The Balaban J connectivity index is 1.60. The molecule has 0 atom stereocenters. The fourth-order valence-corrected chi connectivity index (χ4v) is 5.82. The van der Waals surface area contributed by atoms with E-state index in [4.69, 9.17) is 11.6 Å². The molecule has 2 aliphatic rings. The number of rotatable bonds is 5. The van der Waals surface area contributed by atoms with Crippen molar-refractivity contribution in [2.24, 2.45) is 7.05 Å². The molecular formula is C29H25ClF2N5O3S-. The van der Waals surface area contributed by atoms with Crippen molar-refractivity contribution >= 4 is 38.5 Å². The Kier molecular flexibility index (Phi) is 6.01. The summed E-state index contributed by atoms with van der Waals surface area (Å²) in [6.45, 7) is 2.08. The molecule has 0 fully saturated rings. The molecule has 3 aromatic carbocycles. The van der Waals surface area contributed by atoms with Gasteiger partial charge in [-0.2, -0.15) is 13.9 Å². The van der Waals surface area contributed by atoms with Gasteiger partial charge in [-0.15, -0.1) is 6.20 Å². The number of hydrogen-bond acceptors (Lipinski definition) is 6. The summed E-state index contributed by atoms with van der Waals surface area (Å²) in [7, 11) is -1.87. The van der Waals surface area contributed by atoms with Crippen molar-refractivity contribution in [1.29, 1.82) is 0 Å². The number of aliphatic hydroxyl groups is 1. The molecule has 12 heteroatoms. The lowest BCUT2D eigenvalue weighted by molar-refractivity contribution is -0.170. The molecule has 0 amide bonds. The number of aromatic nitrogens is 2. The highest BCUT2D eigenvalue weighted by atomic mass is 35.5. The highest BCUT2D eigenvalue weighted by Crippen LogP contribution is 2.55. The largest absolute Gasteiger partial charge is 0.578 e. The number of anilines is 2. The molecule has 1 aromatic heterocycles. The van der Waals surface area contributed by atoms with Crippen LogP contribution in [0.1, 0.15) is 25.1 Å². The van der Waals surface area contributed by atoms with E-state index in [0.717, 1.165) is 25.7 Å². The Bertz CT molecular complexity index is 1850. The molecular weight excluding hydrogens is 572 g/mol. The number of alkyl halides is 2. The van der Waals surface area contributed by atoms with Crippen molar-refractivity contribution < 1.29 is 22.3 Å². The SMILES string of the molecule is Cn1nc(C(F)(F)C(C)(C)O)c2c1-c1ccc(-c3cccc(S(C)(=O)=O)c3)cc1N1C(c3ccc(Cl)cc3)=C[N-]N21. The smallest absolute Gasteiger partial charge is 0.320 e. The maximum atomic E-state index is 15.7. The minimum absolute atomic E-state index is 0.0409. The third-order valence-corrected chi connectivity index (χ3v) is 8.57. The van der Waals surface area contributed by atoms with Gasteiger partial charge in [0.2, 0.25) is 0 Å². The van der Waals surface area contributed by atoms with E-state index in [2.05, 4.69) is 10.5 Å². The lowest BCUT2D eigenvalue weighted by atomic mass is 9.93. The summed E-state index contributed by atoms with van der Waals surface area (Å²) in [5.74, 6) is -3.72. The number of sulfone groups is 1. The van der Waals surface area contributed by atoms with Gasteiger partial charge in [-0.25, -0.2) is 8.42 Å². The number of benzene rings is 3. The Labute approximate surface area is 240 Å². The molecule has 0 aliphatic carbocycles. The number of hydrogen-bond donors (Lipinski definition) is 1. The Morgan fingerprint density at radius 1 is 0.976 bits per heavy atom. The normalized spacial score (nSPS) is 14.8. The molecule has 3 heterocycles. The second-order valence-electron chi connectivity index (χ2n) is 10.6. The van der Waals surface area contributed by atoms with Crippen molar-refractivity contribution in [3.63, 3.8) is 0 Å². The summed E-state index contributed by atoms with van der Waals surface area (Å²) in [4.78, 5) is 0.180. The van der Waals surface area contributed by atoms with Crippen LogP contribution in [-0.2, 0) is 22.8 Å². The molecule has 0 saturated carbocycles. The van der Waals surface area contributed by atoms with E-state index in [1.807, 2.05) is 6.07 Å². The van der Waals surface area contributed by atoms with Crippen molar-refractivity contribution in [3.8, 4) is 22.4 Å². The first kappa shape index (κ1) is 27.3. The molecule has 0 saturated heterocycles. The lowest BCUT2D eigenvalue weighted by Crippen LogP contribution is -2.43. The summed E-state index contributed by atoms with van der Waals surface area (Å²) in [5, 5.41) is 18.2. The van der Waals surface area contributed by atoms with E-state index in [9.17, 15) is 13.5 Å². The maximum Gasteiger partial charge on any atom is 0.320 e. The van der Waals surface area contributed by atoms with E-state index in [1.165, 1.54) is 15.9 Å². The van der Waals surface area contributed by atoms with E-state index >= 15 is 8.78 Å². The monoisotopic (exact) mass is 596 g/mol. The summed E-state index contributed by atoms with van der Waals surface area (Å²) in [6.07, 6.45) is 2.72. The van der Waals surface area contributed by atoms with Gasteiger partial charge in [-0.05, 0) is 66.9 Å². The molecule has 41 heavy (non-hydrogen) atoms. The van der Waals surface area contributed by atoms with E-state index in [0.29, 0.717) is 38.8 Å². The van der Waals surface area contributed by atoms with Gasteiger partial charge in [0, 0.05) is 29.6 Å². The second-order valence-corrected chi connectivity index (χ2v) is 13.0. The van der Waals surface area contributed by atoms with Gasteiger partial charge in [0.25, 0.3) is 0 Å². The Hall–Kier alpha value is -3.93. The molecule has 0 radical (unpaired) electrons. The van der Waals surface area contributed by atoms with Gasteiger partial charge in [0.1, 0.15) is 5.60 Å². The first-order valence-electron chi connectivity index (χ1n) is 12.6. The summed E-state index contributed by atoms with van der Waals surface area (Å²) < 4.78 is 57.2. The van der Waals surface area contributed by atoms with Crippen LogP contribution in [0, 0.1) is 0 Å². The van der Waals surface area contributed by atoms with Crippen molar-refractivity contribution in [2.75, 3.05) is 16.4 Å². The molecule has 1 N–H and O–H groups in total. The van der Waals surface area contributed by atoms with Crippen LogP contribution in [0.2, 0.25) is 5.02 Å². The average molecular weight is 597 g/mol. The Morgan fingerprint density at radius 3 is 2.29 bits per heavy atom. The predicted molar refractivity (Wildman–Crippen MR) is 155 cm³/mol. The number of aryl methyl sites for hydroxylation is 1. The van der Waals surface area contributed by atoms with Crippen LogP contribution in [-0.4, -0.2) is 35.2 Å². The molecule has 0 unspecified atom stereocenters. The number of fused-ring (bicyclic) bond motifs is 6. The van der Waals surface area contributed by atoms with Crippen molar-refractivity contribution in [1.82, 2.24) is 9.78 Å². The number of nitrogens with zero attached hydrogens (tertiary/aromatic N) is 5. The number of halogens is 3. The molecule has 0 spiro atoms. The quantitative estimate of drug-likeness (QED) is 0.282. The summed E-state index contributed by atoms with van der Waals surface area (Å²) in [5.41, 5.74) is 5.85. The standard InChI is InChI=1S/C29H25ClF2N5O3S/c1-28(2,38)29(31,32)27-26-25(35(3)34-27)22-13-10-19(18-6-5-7-21(14-18)41(4,39)40)15-23(22)36-24(16-33-37(26)36)17-8-11-20(30)12-9-17/h5-16,38H,1-4H3/q-1. The average Bonchev–Trinajstić information content (AvgIpc) is 3.50. The molecule has 0 bridgehead atoms. The highest BCUT2D eigenvalue weighted by molar-refractivity contribution is 7.90. The summed E-state index contributed by atoms with van der Waals surface area (Å²) in [6, 6.07) is 19.1. The summed E-state index contributed by atoms with van der Waals surface area (Å²) >= 11 is 6.13. The fraction of sp³-hybridized carbons (Fsp3) is 0.207. The molecule has 2 aliphatic heterocycles. The molecule has 212 valence electrons. The first-order valence-corrected chi connectivity index (χ1v) is 14.8. The van der Waals surface area contributed by atoms with Gasteiger partial charge in [-0.1, -0.05) is 41.9 Å². The maximum absolute atomic E-state index is 15.7. The number of hydrazine groups is 1. The van der Waals surface area contributed by atoms with Crippen LogP contribution in [0.4, 0.5) is 20.2 Å². The highest BCUT2D eigenvalue weighted by Gasteiger charge is 2.53. The van der Waals surface area contributed by atoms with E-state index in [1.54, 1.807) is 72.9 Å². The van der Waals surface area contributed by atoms with Gasteiger partial charge in [-0.3, -0.25) is 9.69 Å². The van der Waals surface area contributed by atoms with Crippen molar-refractivity contribution in [2.45, 2.75) is 30.3 Å². The van der Waals surface area contributed by atoms with Crippen LogP contribution in [0.15, 0.2) is 77.8 Å². The van der Waals surface area contributed by atoms with Gasteiger partial charge in [0.15, 0.2) is 15.5 Å². The van der Waals surface area contributed by atoms with Crippen LogP contribution < -0.4 is 10.1 Å². The zero-order chi connectivity index (χ0) is 29.5. The van der Waals surface area contributed by atoms with Crippen LogP contribution in [0.3, 0.4) is 0 Å². The van der Waals surface area contributed by atoms with Gasteiger partial charge < -0.3 is 15.7 Å². The minimum Gasteiger partial charge on any atom is -0.578 e. The minimum atomic E-state index is -3.72. The first-order chi connectivity index (χ1) is 19.2. The lowest BCUT2D eigenvalue weighted by Gasteiger charge is -2.46. The van der Waals surface area contributed by atoms with Crippen LogP contribution >= 0.6 is 11.6 Å². The van der Waals surface area contributed by atoms with E-state index < -0.39 is 27.1 Å². The third-order valence-electron chi connectivity index (χ3n) is 7.21. The third kappa shape index (κ3) is 4.27. The zero-order valence-corrected chi connectivity index (χ0v) is 24.0. The predicted octanol–water partition coefficient (Wildman–Crippen LogP) is 6.52. The van der Waals surface area contributed by atoms with Crippen LogP contribution in [0.5, 0.6) is 0 Å². The topological polar surface area (TPSA) is 92.8 Å². The molecule has 8 nitrogen and oxygen atoms in total. The second kappa shape index (κ2) is 9.04. The van der Waals surface area contributed by atoms with Crippen LogP contribution in [0.25, 0.3) is 33.5 Å².